The molecule has 0 radical (unpaired) electrons. The molecule has 16 heavy (non-hydrogen) atoms. The molecule has 0 fully saturated rings. The third-order valence-electron chi connectivity index (χ3n) is 2.44. The van der Waals surface area contributed by atoms with Crippen LogP contribution in [0.15, 0.2) is 24.3 Å². The maximum absolute atomic E-state index is 10.3. The van der Waals surface area contributed by atoms with Gasteiger partial charge in [-0.1, -0.05) is 29.8 Å². The summed E-state index contributed by atoms with van der Waals surface area (Å²) in [5, 5.41) is 12.2. The first-order valence-electron chi connectivity index (χ1n) is 4.73. The lowest BCUT2D eigenvalue weighted by Gasteiger charge is -2.25. The van der Waals surface area contributed by atoms with E-state index in [2.05, 4.69) is 11.4 Å². The number of hydrogen-bond acceptors (Lipinski definition) is 3. The SMILES string of the molecule is N#CC(CN)(CNC=O)c1ccccc1Cl. The summed E-state index contributed by atoms with van der Waals surface area (Å²) in [4.78, 5) is 10.3. The van der Waals surface area contributed by atoms with Crippen LogP contribution in [0, 0.1) is 11.3 Å². The lowest BCUT2D eigenvalue weighted by Crippen LogP contribution is -2.43. The van der Waals surface area contributed by atoms with E-state index in [0.717, 1.165) is 0 Å². The number of nitrogens with zero attached hydrogens (tertiary/aromatic N) is 1. The molecule has 0 saturated carbocycles. The Morgan fingerprint density at radius 2 is 2.25 bits per heavy atom. The van der Waals surface area contributed by atoms with Gasteiger partial charge in [-0.15, -0.1) is 0 Å². The topological polar surface area (TPSA) is 78.9 Å². The summed E-state index contributed by atoms with van der Waals surface area (Å²) < 4.78 is 0. The molecule has 3 N–H and O–H groups in total. The molecule has 0 aliphatic rings. The van der Waals surface area contributed by atoms with Gasteiger partial charge < -0.3 is 11.1 Å². The summed E-state index contributed by atoms with van der Waals surface area (Å²) in [5.74, 6) is 0. The monoisotopic (exact) mass is 237 g/mol. The Morgan fingerprint density at radius 1 is 1.56 bits per heavy atom. The van der Waals surface area contributed by atoms with Gasteiger partial charge in [-0.2, -0.15) is 5.26 Å². The lowest BCUT2D eigenvalue weighted by molar-refractivity contribution is -0.109. The molecular weight excluding hydrogens is 226 g/mol. The summed E-state index contributed by atoms with van der Waals surface area (Å²) in [6, 6.07) is 9.12. The minimum Gasteiger partial charge on any atom is -0.357 e. The van der Waals surface area contributed by atoms with Crippen molar-refractivity contribution in [1.82, 2.24) is 5.32 Å². The van der Waals surface area contributed by atoms with Gasteiger partial charge in [0.15, 0.2) is 0 Å². The summed E-state index contributed by atoms with van der Waals surface area (Å²) in [7, 11) is 0. The van der Waals surface area contributed by atoms with Gasteiger partial charge in [0.1, 0.15) is 5.41 Å². The largest absolute Gasteiger partial charge is 0.357 e. The zero-order valence-electron chi connectivity index (χ0n) is 8.61. The second kappa shape index (κ2) is 5.50. The fourth-order valence-electron chi connectivity index (χ4n) is 1.49. The quantitative estimate of drug-likeness (QED) is 0.744. The van der Waals surface area contributed by atoms with Gasteiger partial charge in [0.25, 0.3) is 0 Å². The highest BCUT2D eigenvalue weighted by atomic mass is 35.5. The minimum atomic E-state index is -0.973. The van der Waals surface area contributed by atoms with Crippen LogP contribution in [0.3, 0.4) is 0 Å². The van der Waals surface area contributed by atoms with Crippen LogP contribution in [0.2, 0.25) is 5.02 Å². The standard InChI is InChI=1S/C11H12ClN3O/c12-10-4-2-1-3-9(10)11(5-13,6-14)7-15-8-16/h1-4,8H,5,7,13H2,(H,15,16). The Kier molecular flexibility index (Phi) is 4.29. The Morgan fingerprint density at radius 3 is 2.75 bits per heavy atom. The van der Waals surface area contributed by atoms with E-state index < -0.39 is 5.41 Å². The van der Waals surface area contributed by atoms with Crippen LogP contribution in [0.1, 0.15) is 5.56 Å². The highest BCUT2D eigenvalue weighted by Gasteiger charge is 2.32. The predicted octanol–water partition coefficient (Wildman–Crippen LogP) is 0.806. The molecule has 4 nitrogen and oxygen atoms in total. The van der Waals surface area contributed by atoms with Crippen molar-refractivity contribution in [2.75, 3.05) is 13.1 Å². The first kappa shape index (κ1) is 12.5. The third-order valence-corrected chi connectivity index (χ3v) is 2.77. The maximum Gasteiger partial charge on any atom is 0.207 e. The number of halogens is 1. The molecular formula is C11H12ClN3O. The van der Waals surface area contributed by atoms with Gasteiger partial charge in [-0.25, -0.2) is 0 Å². The molecule has 0 aliphatic carbocycles. The molecule has 0 aliphatic heterocycles. The van der Waals surface area contributed by atoms with E-state index in [1.54, 1.807) is 24.3 Å². The number of nitrogens with two attached hydrogens (primary N) is 1. The van der Waals surface area contributed by atoms with Crippen LogP contribution in [-0.4, -0.2) is 19.5 Å². The van der Waals surface area contributed by atoms with E-state index in [-0.39, 0.29) is 13.1 Å². The number of rotatable bonds is 5. The summed E-state index contributed by atoms with van der Waals surface area (Å²) >= 11 is 6.02. The minimum absolute atomic E-state index is 0.0913. The second-order valence-corrected chi connectivity index (χ2v) is 3.78. The van der Waals surface area contributed by atoms with E-state index >= 15 is 0 Å². The number of carbonyl (C=O) groups excluding carboxylic acids is 1. The van der Waals surface area contributed by atoms with E-state index in [1.807, 2.05) is 0 Å². The number of hydrogen-bond donors (Lipinski definition) is 2. The Balaban J connectivity index is 3.16. The second-order valence-electron chi connectivity index (χ2n) is 3.38. The van der Waals surface area contributed by atoms with E-state index in [1.165, 1.54) is 0 Å². The van der Waals surface area contributed by atoms with Crippen molar-refractivity contribution < 1.29 is 4.79 Å². The predicted molar refractivity (Wildman–Crippen MR) is 61.9 cm³/mol. The van der Waals surface area contributed by atoms with E-state index in [9.17, 15) is 10.1 Å². The van der Waals surface area contributed by atoms with Crippen LogP contribution in [0.25, 0.3) is 0 Å². The van der Waals surface area contributed by atoms with Crippen LogP contribution in [0.4, 0.5) is 0 Å². The van der Waals surface area contributed by atoms with Gasteiger partial charge in [0, 0.05) is 18.1 Å². The molecule has 5 heteroatoms. The number of amides is 1. The smallest absolute Gasteiger partial charge is 0.207 e. The van der Waals surface area contributed by atoms with Crippen LogP contribution in [-0.2, 0) is 10.2 Å². The molecule has 0 heterocycles. The van der Waals surface area contributed by atoms with Crippen molar-refractivity contribution in [3.05, 3.63) is 34.9 Å². The Bertz CT molecular complexity index is 416. The van der Waals surface area contributed by atoms with Crippen molar-refractivity contribution in [2.24, 2.45) is 5.73 Å². The van der Waals surface area contributed by atoms with Crippen molar-refractivity contribution >= 4 is 18.0 Å². The number of nitriles is 1. The van der Waals surface area contributed by atoms with Gasteiger partial charge in [0.05, 0.1) is 6.07 Å². The highest BCUT2D eigenvalue weighted by molar-refractivity contribution is 6.31. The lowest BCUT2D eigenvalue weighted by atomic mass is 9.82. The average molecular weight is 238 g/mol. The molecule has 1 amide bonds. The maximum atomic E-state index is 10.3. The van der Waals surface area contributed by atoms with Crippen molar-refractivity contribution in [3.8, 4) is 6.07 Å². The first-order chi connectivity index (χ1) is 7.70. The molecule has 0 bridgehead atoms. The van der Waals surface area contributed by atoms with Gasteiger partial charge in [0.2, 0.25) is 6.41 Å². The van der Waals surface area contributed by atoms with E-state index in [0.29, 0.717) is 17.0 Å². The zero-order chi connectivity index (χ0) is 12.0. The summed E-state index contributed by atoms with van der Waals surface area (Å²) in [6.07, 6.45) is 0.540. The van der Waals surface area contributed by atoms with Gasteiger partial charge in [-0.05, 0) is 11.6 Å². The highest BCUT2D eigenvalue weighted by Crippen LogP contribution is 2.28. The zero-order valence-corrected chi connectivity index (χ0v) is 9.37. The number of carbonyl (C=O) groups is 1. The number of benzene rings is 1. The van der Waals surface area contributed by atoms with Crippen LogP contribution < -0.4 is 11.1 Å². The molecule has 1 aromatic carbocycles. The van der Waals surface area contributed by atoms with Crippen molar-refractivity contribution in [2.45, 2.75) is 5.41 Å². The summed E-state index contributed by atoms with van der Waals surface area (Å²) in [6.45, 7) is 0.237. The molecule has 0 spiro atoms. The van der Waals surface area contributed by atoms with Gasteiger partial charge in [-0.3, -0.25) is 4.79 Å². The van der Waals surface area contributed by atoms with Crippen molar-refractivity contribution in [3.63, 3.8) is 0 Å². The van der Waals surface area contributed by atoms with Crippen LogP contribution >= 0.6 is 11.6 Å². The summed E-state index contributed by atoms with van der Waals surface area (Å²) in [5.41, 5.74) is 5.29. The molecule has 1 atom stereocenters. The van der Waals surface area contributed by atoms with Gasteiger partial charge >= 0.3 is 0 Å². The average Bonchev–Trinajstić information content (AvgIpc) is 2.33. The number of nitrogens with one attached hydrogen (secondary N) is 1. The first-order valence-corrected chi connectivity index (χ1v) is 5.11. The Labute approximate surface area is 99.0 Å². The molecule has 84 valence electrons. The molecule has 1 unspecified atom stereocenters. The molecule has 1 aromatic rings. The van der Waals surface area contributed by atoms with Crippen LogP contribution in [0.5, 0.6) is 0 Å². The fraction of sp³-hybridized carbons (Fsp3) is 0.273. The van der Waals surface area contributed by atoms with Crippen molar-refractivity contribution in [1.29, 1.82) is 5.26 Å². The normalized spacial score (nSPS) is 13.6. The molecule has 0 aromatic heterocycles. The fourth-order valence-corrected chi connectivity index (χ4v) is 1.80. The molecule has 1 rings (SSSR count). The third kappa shape index (κ3) is 2.32. The Hall–Kier alpha value is -1.57. The van der Waals surface area contributed by atoms with E-state index in [4.69, 9.17) is 17.3 Å². The molecule has 0 saturated heterocycles.